The molecule has 0 saturated heterocycles. The molecule has 0 aromatic carbocycles. The summed E-state index contributed by atoms with van der Waals surface area (Å²) in [4.78, 5) is 3.40. The average Bonchev–Trinajstić information content (AvgIpc) is 2.05. The molecule has 1 rings (SSSR count). The zero-order chi connectivity index (χ0) is 9.19. The van der Waals surface area contributed by atoms with E-state index in [2.05, 4.69) is 20.9 Å². The summed E-state index contributed by atoms with van der Waals surface area (Å²) in [5.41, 5.74) is -0.534. The summed E-state index contributed by atoms with van der Waals surface area (Å²) in [7, 11) is 0. The predicted molar refractivity (Wildman–Crippen MR) is 41.4 cm³/mol. The molecule has 0 aliphatic rings. The average molecular weight is 233 g/mol. The van der Waals surface area contributed by atoms with E-state index in [1.54, 1.807) is 0 Å². The van der Waals surface area contributed by atoms with Crippen LogP contribution >= 0.6 is 15.9 Å². The van der Waals surface area contributed by atoms with Gasteiger partial charge in [0.1, 0.15) is 11.8 Å². The van der Waals surface area contributed by atoms with E-state index >= 15 is 0 Å². The minimum atomic E-state index is -3.50. The van der Waals surface area contributed by atoms with Gasteiger partial charge in [0.2, 0.25) is 0 Å². The second-order valence-electron chi connectivity index (χ2n) is 2.05. The van der Waals surface area contributed by atoms with Gasteiger partial charge in [0.25, 0.3) is 0 Å². The lowest BCUT2D eigenvalue weighted by molar-refractivity contribution is 0.0563. The van der Waals surface area contributed by atoms with Crippen molar-refractivity contribution >= 4 is 15.9 Å². The van der Waals surface area contributed by atoms with Crippen LogP contribution in [0.15, 0.2) is 22.8 Å². The van der Waals surface area contributed by atoms with Crippen LogP contribution in [-0.2, 0) is 5.92 Å². The Labute approximate surface area is 76.0 Å². The Morgan fingerprint density at radius 1 is 1.50 bits per heavy atom. The molecule has 0 aliphatic carbocycles. The van der Waals surface area contributed by atoms with Crippen LogP contribution in [0.1, 0.15) is 5.69 Å². The van der Waals surface area contributed by atoms with E-state index in [9.17, 15) is 8.78 Å². The minimum absolute atomic E-state index is 0.534. The van der Waals surface area contributed by atoms with Crippen molar-refractivity contribution < 1.29 is 8.78 Å². The van der Waals surface area contributed by atoms with Crippen LogP contribution in [0.3, 0.4) is 0 Å². The largest absolute Gasteiger partial charge is 0.373 e. The maximum Gasteiger partial charge on any atom is 0.373 e. The number of nitriles is 1. The van der Waals surface area contributed by atoms with Gasteiger partial charge < -0.3 is 0 Å². The predicted octanol–water partition coefficient (Wildman–Crippen LogP) is 2.46. The summed E-state index contributed by atoms with van der Waals surface area (Å²) < 4.78 is 25.8. The van der Waals surface area contributed by atoms with Gasteiger partial charge in [0.15, 0.2) is 0 Å². The molecule has 0 amide bonds. The quantitative estimate of drug-likeness (QED) is 0.746. The lowest BCUT2D eigenvalue weighted by atomic mass is 10.2. The molecule has 0 saturated carbocycles. The van der Waals surface area contributed by atoms with E-state index in [0.29, 0.717) is 4.47 Å². The highest BCUT2D eigenvalue weighted by Crippen LogP contribution is 2.25. The van der Waals surface area contributed by atoms with Gasteiger partial charge in [-0.1, -0.05) is 0 Å². The third-order valence-corrected chi connectivity index (χ3v) is 1.66. The van der Waals surface area contributed by atoms with Crippen LogP contribution in [0.2, 0.25) is 0 Å². The summed E-state index contributed by atoms with van der Waals surface area (Å²) in [6.45, 7) is 0. The number of aromatic nitrogens is 1. The van der Waals surface area contributed by atoms with Gasteiger partial charge in [-0.3, -0.25) is 4.98 Å². The number of halogens is 3. The maximum absolute atomic E-state index is 12.6. The summed E-state index contributed by atoms with van der Waals surface area (Å²) in [5, 5.41) is 8.07. The first-order valence-electron chi connectivity index (χ1n) is 2.97. The van der Waals surface area contributed by atoms with Crippen molar-refractivity contribution in [3.63, 3.8) is 0 Å². The van der Waals surface area contributed by atoms with E-state index in [1.807, 2.05) is 0 Å². The molecule has 1 aromatic rings. The molecule has 0 atom stereocenters. The Balaban J connectivity index is 3.07. The smallest absolute Gasteiger partial charge is 0.253 e. The molecule has 0 spiro atoms. The molecular weight excluding hydrogens is 230 g/mol. The standard InChI is InChI=1S/C7H3BrF2N2/c8-5-1-2-6(12-3-5)7(9,10)4-11/h1-3H. The maximum atomic E-state index is 12.6. The van der Waals surface area contributed by atoms with E-state index < -0.39 is 11.6 Å². The molecule has 62 valence electrons. The van der Waals surface area contributed by atoms with Crippen molar-refractivity contribution in [2.24, 2.45) is 0 Å². The Kier molecular flexibility index (Phi) is 2.38. The highest BCUT2D eigenvalue weighted by Gasteiger charge is 2.32. The number of rotatable bonds is 1. The summed E-state index contributed by atoms with van der Waals surface area (Å²) in [6.07, 6.45) is 1.22. The highest BCUT2D eigenvalue weighted by molar-refractivity contribution is 9.10. The summed E-state index contributed by atoms with van der Waals surface area (Å²) >= 11 is 3.04. The Bertz CT molecular complexity index is 315. The fourth-order valence-corrected chi connectivity index (χ4v) is 0.853. The number of hydrogen-bond acceptors (Lipinski definition) is 2. The number of pyridine rings is 1. The molecule has 0 radical (unpaired) electrons. The number of hydrogen-bond donors (Lipinski definition) is 0. The third-order valence-electron chi connectivity index (χ3n) is 1.19. The monoisotopic (exact) mass is 232 g/mol. The second kappa shape index (κ2) is 3.15. The van der Waals surface area contributed by atoms with Crippen molar-refractivity contribution in [2.75, 3.05) is 0 Å². The fraction of sp³-hybridized carbons (Fsp3) is 0.143. The van der Waals surface area contributed by atoms with Gasteiger partial charge in [-0.2, -0.15) is 14.0 Å². The molecule has 0 bridgehead atoms. The molecule has 2 nitrogen and oxygen atoms in total. The topological polar surface area (TPSA) is 36.7 Å². The van der Waals surface area contributed by atoms with Crippen molar-refractivity contribution in [2.45, 2.75) is 5.92 Å². The molecule has 0 fully saturated rings. The van der Waals surface area contributed by atoms with Gasteiger partial charge in [-0.25, -0.2) is 0 Å². The van der Waals surface area contributed by atoms with Crippen molar-refractivity contribution in [1.82, 2.24) is 4.98 Å². The van der Waals surface area contributed by atoms with E-state index in [0.717, 1.165) is 12.1 Å². The Morgan fingerprint density at radius 2 is 2.17 bits per heavy atom. The summed E-state index contributed by atoms with van der Waals surface area (Å²) in [5.74, 6) is -3.50. The fourth-order valence-electron chi connectivity index (χ4n) is 0.619. The number of nitrogens with zero attached hydrogens (tertiary/aromatic N) is 2. The van der Waals surface area contributed by atoms with Gasteiger partial charge in [-0.15, -0.1) is 0 Å². The van der Waals surface area contributed by atoms with Crippen LogP contribution in [0.25, 0.3) is 0 Å². The lowest BCUT2D eigenvalue weighted by Gasteiger charge is -2.04. The van der Waals surface area contributed by atoms with Crippen LogP contribution in [0, 0.1) is 11.3 Å². The van der Waals surface area contributed by atoms with Crippen LogP contribution in [0.5, 0.6) is 0 Å². The first kappa shape index (κ1) is 9.07. The molecule has 1 heterocycles. The third kappa shape index (κ3) is 1.77. The second-order valence-corrected chi connectivity index (χ2v) is 2.96. The normalized spacial score (nSPS) is 10.8. The van der Waals surface area contributed by atoms with Crippen LogP contribution in [-0.4, -0.2) is 4.98 Å². The molecule has 12 heavy (non-hydrogen) atoms. The van der Waals surface area contributed by atoms with Crippen LogP contribution in [0.4, 0.5) is 8.78 Å². The van der Waals surface area contributed by atoms with Crippen molar-refractivity contribution in [3.8, 4) is 6.07 Å². The Hall–Kier alpha value is -1.02. The SMILES string of the molecule is N#CC(F)(F)c1ccc(Br)cn1. The van der Waals surface area contributed by atoms with Crippen molar-refractivity contribution in [3.05, 3.63) is 28.5 Å². The highest BCUT2D eigenvalue weighted by atomic mass is 79.9. The van der Waals surface area contributed by atoms with E-state index in [4.69, 9.17) is 5.26 Å². The molecule has 0 unspecified atom stereocenters. The van der Waals surface area contributed by atoms with E-state index in [1.165, 1.54) is 12.3 Å². The Morgan fingerprint density at radius 3 is 2.58 bits per heavy atom. The van der Waals surface area contributed by atoms with Gasteiger partial charge >= 0.3 is 5.92 Å². The van der Waals surface area contributed by atoms with Gasteiger partial charge in [0.05, 0.1) is 0 Å². The first-order chi connectivity index (χ1) is 5.56. The zero-order valence-electron chi connectivity index (χ0n) is 5.76. The molecule has 1 aromatic heterocycles. The molecule has 0 aliphatic heterocycles. The van der Waals surface area contributed by atoms with Crippen LogP contribution < -0.4 is 0 Å². The number of alkyl halides is 2. The van der Waals surface area contributed by atoms with Crippen molar-refractivity contribution in [1.29, 1.82) is 5.26 Å². The van der Waals surface area contributed by atoms with Gasteiger partial charge in [0, 0.05) is 10.7 Å². The molecule has 5 heteroatoms. The molecular formula is C7H3BrF2N2. The first-order valence-corrected chi connectivity index (χ1v) is 3.76. The lowest BCUT2D eigenvalue weighted by Crippen LogP contribution is -2.11. The summed E-state index contributed by atoms with van der Waals surface area (Å²) in [6, 6.07) is 3.38. The molecule has 0 N–H and O–H groups in total. The zero-order valence-corrected chi connectivity index (χ0v) is 7.35. The minimum Gasteiger partial charge on any atom is -0.253 e. The van der Waals surface area contributed by atoms with Gasteiger partial charge in [-0.05, 0) is 28.1 Å². The van der Waals surface area contributed by atoms with E-state index in [-0.39, 0.29) is 0 Å².